The van der Waals surface area contributed by atoms with E-state index >= 15 is 0 Å². The molecule has 3 aliphatic rings. The Hall–Kier alpha value is -3.29. The Kier molecular flexibility index (Phi) is 5.54. The summed E-state index contributed by atoms with van der Waals surface area (Å²) in [5, 5.41) is 0. The van der Waals surface area contributed by atoms with Gasteiger partial charge in [-0.25, -0.2) is 0 Å². The first-order chi connectivity index (χ1) is 17.1. The van der Waals surface area contributed by atoms with E-state index in [2.05, 4.69) is 34.1 Å². The summed E-state index contributed by atoms with van der Waals surface area (Å²) in [7, 11) is 0. The van der Waals surface area contributed by atoms with Gasteiger partial charge in [-0.1, -0.05) is 48.5 Å². The fraction of sp³-hybridized carbons (Fsp3) is 0.286. The van der Waals surface area contributed by atoms with Gasteiger partial charge in [-0.05, 0) is 42.8 Å². The van der Waals surface area contributed by atoms with Crippen molar-refractivity contribution in [1.82, 2.24) is 4.90 Å². The Bertz CT molecular complexity index is 1270. The number of benzene rings is 3. The summed E-state index contributed by atoms with van der Waals surface area (Å²) in [6, 6.07) is 26.3. The second kappa shape index (κ2) is 8.73. The van der Waals surface area contributed by atoms with Gasteiger partial charge in [-0.2, -0.15) is 0 Å². The minimum atomic E-state index is -1.05. The fourth-order valence-electron chi connectivity index (χ4n) is 5.45. The molecule has 3 aromatic rings. The van der Waals surface area contributed by atoms with Gasteiger partial charge < -0.3 is 4.90 Å². The molecular formula is C28H28N4O2S. The molecule has 35 heavy (non-hydrogen) atoms. The van der Waals surface area contributed by atoms with Crippen molar-refractivity contribution in [3.63, 3.8) is 0 Å². The lowest BCUT2D eigenvalue weighted by molar-refractivity contribution is -0.124. The molecule has 0 saturated carbocycles. The molecule has 0 N–H and O–H groups in total. The van der Waals surface area contributed by atoms with Crippen LogP contribution in [0.25, 0.3) is 0 Å². The van der Waals surface area contributed by atoms with Crippen molar-refractivity contribution in [1.29, 1.82) is 0 Å². The number of amides is 2. The molecule has 1 spiro atoms. The summed E-state index contributed by atoms with van der Waals surface area (Å²) in [5.41, 5.74) is 4.90. The van der Waals surface area contributed by atoms with Crippen LogP contribution in [0.1, 0.15) is 11.1 Å². The van der Waals surface area contributed by atoms with Crippen LogP contribution in [0.5, 0.6) is 0 Å². The van der Waals surface area contributed by atoms with Gasteiger partial charge in [0.2, 0.25) is 10.8 Å². The third kappa shape index (κ3) is 3.61. The zero-order valence-electron chi connectivity index (χ0n) is 19.8. The van der Waals surface area contributed by atoms with Crippen LogP contribution < -0.4 is 14.7 Å². The molecule has 6 nitrogen and oxygen atoms in total. The van der Waals surface area contributed by atoms with Crippen LogP contribution in [0.15, 0.2) is 78.9 Å². The predicted molar refractivity (Wildman–Crippen MR) is 142 cm³/mol. The summed E-state index contributed by atoms with van der Waals surface area (Å²) < 4.78 is 0. The lowest BCUT2D eigenvalue weighted by atomic mass is 10.0. The highest BCUT2D eigenvalue weighted by Gasteiger charge is 2.61. The molecule has 2 amide bonds. The molecule has 3 heterocycles. The maximum Gasteiger partial charge on any atom is 0.269 e. The molecule has 0 aromatic heterocycles. The third-order valence-corrected chi connectivity index (χ3v) is 8.54. The van der Waals surface area contributed by atoms with E-state index in [1.165, 1.54) is 17.4 Å². The maximum absolute atomic E-state index is 14.2. The molecule has 0 aliphatic carbocycles. The van der Waals surface area contributed by atoms with E-state index in [9.17, 15) is 9.59 Å². The summed E-state index contributed by atoms with van der Waals surface area (Å²) in [6.45, 7) is 6.12. The average molecular weight is 485 g/mol. The monoisotopic (exact) mass is 484 g/mol. The number of rotatable bonds is 4. The zero-order valence-corrected chi connectivity index (χ0v) is 20.6. The Morgan fingerprint density at radius 2 is 1.54 bits per heavy atom. The Morgan fingerprint density at radius 1 is 0.829 bits per heavy atom. The zero-order chi connectivity index (χ0) is 24.0. The lowest BCUT2D eigenvalue weighted by Crippen LogP contribution is -2.54. The smallest absolute Gasteiger partial charge is 0.269 e. The average Bonchev–Trinajstić information content (AvgIpc) is 3.36. The minimum absolute atomic E-state index is 0.0259. The van der Waals surface area contributed by atoms with E-state index in [0.717, 1.165) is 48.7 Å². The number of hydrogen-bond donors (Lipinski definition) is 0. The summed E-state index contributed by atoms with van der Waals surface area (Å²) in [5.74, 6) is 0.237. The fourth-order valence-corrected chi connectivity index (χ4v) is 6.81. The molecule has 0 bridgehead atoms. The van der Waals surface area contributed by atoms with Gasteiger partial charge in [-0.15, -0.1) is 11.8 Å². The lowest BCUT2D eigenvalue weighted by Gasteiger charge is -2.38. The molecule has 6 rings (SSSR count). The van der Waals surface area contributed by atoms with Crippen molar-refractivity contribution >= 4 is 40.6 Å². The Labute approximate surface area is 210 Å². The number of fused-ring (bicyclic) bond motifs is 2. The minimum Gasteiger partial charge on any atom is -0.369 e. The first-order valence-corrected chi connectivity index (χ1v) is 13.0. The highest BCUT2D eigenvalue weighted by Crippen LogP contribution is 2.55. The quantitative estimate of drug-likeness (QED) is 0.559. The second-order valence-corrected chi connectivity index (χ2v) is 10.5. The number of anilines is 3. The molecule has 178 valence electrons. The summed E-state index contributed by atoms with van der Waals surface area (Å²) in [4.78, 5) is 34.7. The number of hydrogen-bond acceptors (Lipinski definition) is 5. The van der Waals surface area contributed by atoms with E-state index in [1.54, 1.807) is 4.90 Å². The van der Waals surface area contributed by atoms with Gasteiger partial charge in [0.05, 0.1) is 18.1 Å². The number of carbonyl (C=O) groups is 2. The summed E-state index contributed by atoms with van der Waals surface area (Å²) >= 11 is 1.44. The first kappa shape index (κ1) is 22.2. The molecule has 2 saturated heterocycles. The van der Waals surface area contributed by atoms with Crippen molar-refractivity contribution < 1.29 is 9.59 Å². The molecular weight excluding hydrogens is 456 g/mol. The second-order valence-electron chi connectivity index (χ2n) is 9.33. The van der Waals surface area contributed by atoms with Crippen LogP contribution in [-0.4, -0.2) is 55.3 Å². The molecule has 7 heteroatoms. The van der Waals surface area contributed by atoms with Crippen LogP contribution in [-0.2, 0) is 14.5 Å². The molecule has 2 fully saturated rings. The highest BCUT2D eigenvalue weighted by atomic mass is 32.2. The van der Waals surface area contributed by atoms with Gasteiger partial charge in [-0.3, -0.25) is 24.3 Å². The molecule has 3 aromatic carbocycles. The van der Waals surface area contributed by atoms with Crippen LogP contribution in [0.2, 0.25) is 0 Å². The number of carbonyl (C=O) groups excluding carboxylic acids is 2. The van der Waals surface area contributed by atoms with Crippen LogP contribution in [0.4, 0.5) is 17.1 Å². The molecule has 3 aliphatic heterocycles. The van der Waals surface area contributed by atoms with Crippen LogP contribution >= 0.6 is 11.8 Å². The maximum atomic E-state index is 14.2. The summed E-state index contributed by atoms with van der Waals surface area (Å²) in [6.07, 6.45) is 0. The largest absolute Gasteiger partial charge is 0.369 e. The molecule has 1 atom stereocenters. The highest BCUT2D eigenvalue weighted by molar-refractivity contribution is 8.02. The SMILES string of the molecule is Cc1cccc(N2C(=O)CS[C@@]23C(=O)N(CN2CCN(c4ccccc4)CC2)c2ccccc23)c1. The van der Waals surface area contributed by atoms with E-state index in [0.29, 0.717) is 6.67 Å². The van der Waals surface area contributed by atoms with Crippen LogP contribution in [0.3, 0.4) is 0 Å². The van der Waals surface area contributed by atoms with E-state index < -0.39 is 4.87 Å². The van der Waals surface area contributed by atoms with Gasteiger partial charge in [0.1, 0.15) is 0 Å². The van der Waals surface area contributed by atoms with Crippen molar-refractivity contribution in [2.75, 3.05) is 53.3 Å². The van der Waals surface area contributed by atoms with Gasteiger partial charge in [0.25, 0.3) is 5.91 Å². The van der Waals surface area contributed by atoms with Crippen LogP contribution in [0, 0.1) is 6.92 Å². The van der Waals surface area contributed by atoms with E-state index in [4.69, 9.17) is 0 Å². The van der Waals surface area contributed by atoms with E-state index in [1.807, 2.05) is 66.4 Å². The standard InChI is InChI=1S/C28H28N4O2S/c1-21-8-7-11-23(18-21)32-26(33)19-35-28(32)24-12-5-6-13-25(24)31(27(28)34)20-29-14-16-30(17-15-29)22-9-3-2-4-10-22/h2-13,18H,14-17,19-20H2,1H3/t28-/m0/s1. The number of aryl methyl sites for hydroxylation is 1. The predicted octanol–water partition coefficient (Wildman–Crippen LogP) is 4.05. The van der Waals surface area contributed by atoms with Crippen molar-refractivity contribution in [3.05, 3.63) is 90.0 Å². The van der Waals surface area contributed by atoms with Gasteiger partial charge >= 0.3 is 0 Å². The number of thioether (sulfide) groups is 1. The number of para-hydroxylation sites is 2. The number of piperazine rings is 1. The van der Waals surface area contributed by atoms with Gasteiger partial charge in [0.15, 0.2) is 0 Å². The Balaban J connectivity index is 1.29. The van der Waals surface area contributed by atoms with Gasteiger partial charge in [0, 0.05) is 43.1 Å². The van der Waals surface area contributed by atoms with E-state index in [-0.39, 0.29) is 17.6 Å². The molecule has 0 unspecified atom stereocenters. The normalized spacial score (nSPS) is 22.4. The third-order valence-electron chi connectivity index (χ3n) is 7.16. The molecule has 0 radical (unpaired) electrons. The Morgan fingerprint density at radius 3 is 2.31 bits per heavy atom. The first-order valence-electron chi connectivity index (χ1n) is 12.1. The topological polar surface area (TPSA) is 47.1 Å². The van der Waals surface area contributed by atoms with Crippen molar-refractivity contribution in [2.24, 2.45) is 0 Å². The van der Waals surface area contributed by atoms with Crippen molar-refractivity contribution in [2.45, 2.75) is 11.8 Å². The van der Waals surface area contributed by atoms with Crippen molar-refractivity contribution in [3.8, 4) is 0 Å². The number of nitrogens with zero attached hydrogens (tertiary/aromatic N) is 4.